The van der Waals surface area contributed by atoms with Gasteiger partial charge in [-0.1, -0.05) is 27.7 Å². The Labute approximate surface area is 138 Å². The minimum absolute atomic E-state index is 0.0727. The van der Waals surface area contributed by atoms with Gasteiger partial charge < -0.3 is 29.9 Å². The molecule has 0 saturated carbocycles. The van der Waals surface area contributed by atoms with Crippen LogP contribution in [0, 0.1) is 17.8 Å². The van der Waals surface area contributed by atoms with Crippen LogP contribution in [0.3, 0.4) is 0 Å². The summed E-state index contributed by atoms with van der Waals surface area (Å²) >= 11 is 0. The second-order valence-electron chi connectivity index (χ2n) is 6.86. The van der Waals surface area contributed by atoms with Crippen molar-refractivity contribution < 1.29 is 36.1 Å². The molecular weight excluding hydrogens is 304 g/mol. The Kier molecular flexibility index (Phi) is 6.39. The summed E-state index contributed by atoms with van der Waals surface area (Å²) in [5.41, 5.74) is 0. The lowest BCUT2D eigenvalue weighted by molar-refractivity contribution is -0.319. The van der Waals surface area contributed by atoms with Crippen LogP contribution in [0.2, 0.25) is 0 Å². The van der Waals surface area contributed by atoms with Gasteiger partial charge in [-0.25, -0.2) is 4.79 Å². The van der Waals surface area contributed by atoms with Crippen molar-refractivity contribution >= 4 is 5.97 Å². The molecule has 23 heavy (non-hydrogen) atoms. The first-order chi connectivity index (χ1) is 11.1. The molecule has 0 aliphatic carbocycles. The van der Waals surface area contributed by atoms with Gasteiger partial charge in [-0.05, 0) is 18.7 Å². The number of aliphatic hydroxyl groups excluding tert-OH is 3. The molecule has 7 heteroatoms. The van der Waals surface area contributed by atoms with Crippen LogP contribution >= 0.6 is 0 Å². The number of aliphatic carboxylic acids is 1. The number of carboxylic acids is 1. The van der Waals surface area contributed by atoms with Crippen LogP contribution in [0.4, 0.5) is 0 Å². The van der Waals surface area contributed by atoms with E-state index in [1.165, 1.54) is 0 Å². The summed E-state index contributed by atoms with van der Waals surface area (Å²) in [4.78, 5) is 11.8. The van der Waals surface area contributed by atoms with E-state index < -0.39 is 49.0 Å². The molecule has 1 saturated heterocycles. The number of carbonyl (C=O) groups is 1. The molecule has 0 aromatic rings. The van der Waals surface area contributed by atoms with E-state index in [0.29, 0.717) is 0 Å². The molecular formula is C16H30O7. The van der Waals surface area contributed by atoms with Crippen LogP contribution in [-0.2, 0) is 14.3 Å². The molecule has 0 spiro atoms. The molecule has 0 amide bonds. The Morgan fingerprint density at radius 1 is 1.43 bits per heavy atom. The van der Waals surface area contributed by atoms with E-state index in [9.17, 15) is 25.2 Å². The van der Waals surface area contributed by atoms with Gasteiger partial charge in [0.25, 0.3) is 5.79 Å². The predicted molar refractivity (Wildman–Crippen MR) is 82.7 cm³/mol. The molecule has 136 valence electrons. The normalized spacial score (nSPS) is 36.3. The van der Waals surface area contributed by atoms with Crippen molar-refractivity contribution in [2.24, 2.45) is 17.8 Å². The molecule has 7 unspecified atom stereocenters. The molecule has 1 aliphatic heterocycles. The molecule has 7 atom stereocenters. The third-order valence-electron chi connectivity index (χ3n) is 4.70. The fourth-order valence-electron chi connectivity index (χ4n) is 2.41. The maximum absolute atomic E-state index is 11.8. The Bertz CT molecular complexity index is 419. The number of hydrogen-bond acceptors (Lipinski definition) is 6. The Hall–Kier alpha value is -0.730. The van der Waals surface area contributed by atoms with Crippen molar-refractivity contribution in [1.82, 2.24) is 0 Å². The van der Waals surface area contributed by atoms with E-state index >= 15 is 0 Å². The van der Waals surface area contributed by atoms with E-state index in [1.54, 1.807) is 6.92 Å². The minimum Gasteiger partial charge on any atom is -0.477 e. The van der Waals surface area contributed by atoms with Gasteiger partial charge in [-0.2, -0.15) is 0 Å². The summed E-state index contributed by atoms with van der Waals surface area (Å²) in [5, 5.41) is 39.7. The zero-order valence-electron chi connectivity index (χ0n) is 15.2. The molecule has 1 rings (SSSR count). The van der Waals surface area contributed by atoms with Crippen LogP contribution in [0.25, 0.3) is 0 Å². The third kappa shape index (κ3) is 4.64. The van der Waals surface area contributed by atoms with Crippen LogP contribution in [0.5, 0.6) is 0 Å². The standard InChI is InChI=1S/C16H30O7/c1-8(2)9(3)7-22-16(15(20)21)6-12(18)10(4)14(23-16)13(19)11(5)17/h8-14,17-19H,6-7H2,1-5H3,(H,20,21)/i5D. The Morgan fingerprint density at radius 2 is 2.04 bits per heavy atom. The maximum atomic E-state index is 11.8. The fourth-order valence-corrected chi connectivity index (χ4v) is 2.41. The molecule has 1 heterocycles. The first-order valence-corrected chi connectivity index (χ1v) is 7.94. The van der Waals surface area contributed by atoms with Gasteiger partial charge in [0.05, 0.1) is 24.9 Å². The van der Waals surface area contributed by atoms with Gasteiger partial charge >= 0.3 is 5.97 Å². The number of carboxylic acid groups (broad SMARTS) is 1. The zero-order valence-corrected chi connectivity index (χ0v) is 14.2. The highest BCUT2D eigenvalue weighted by atomic mass is 16.7. The van der Waals surface area contributed by atoms with Crippen molar-refractivity contribution in [2.75, 3.05) is 6.61 Å². The molecule has 0 aromatic carbocycles. The third-order valence-corrected chi connectivity index (χ3v) is 4.70. The second-order valence-corrected chi connectivity index (χ2v) is 6.86. The molecule has 0 radical (unpaired) electrons. The van der Waals surface area contributed by atoms with E-state index in [4.69, 9.17) is 10.8 Å². The van der Waals surface area contributed by atoms with Crippen LogP contribution in [0.15, 0.2) is 0 Å². The number of ether oxygens (including phenoxy) is 2. The largest absolute Gasteiger partial charge is 0.477 e. The smallest absolute Gasteiger partial charge is 0.364 e. The average Bonchev–Trinajstić information content (AvgIpc) is 2.53. The van der Waals surface area contributed by atoms with Gasteiger partial charge in [0.2, 0.25) is 0 Å². The molecule has 0 aromatic heterocycles. The first kappa shape index (κ1) is 18.6. The predicted octanol–water partition coefficient (Wildman–Crippen LogP) is 0.604. The number of rotatable bonds is 7. The van der Waals surface area contributed by atoms with E-state index in [0.717, 1.165) is 0 Å². The minimum atomic E-state index is -2.08. The molecule has 0 bridgehead atoms. The summed E-state index contributed by atoms with van der Waals surface area (Å²) in [6.45, 7) is 7.13. The quantitative estimate of drug-likeness (QED) is 0.538. The van der Waals surface area contributed by atoms with Crippen LogP contribution < -0.4 is 0 Å². The van der Waals surface area contributed by atoms with Gasteiger partial charge in [-0.3, -0.25) is 0 Å². The van der Waals surface area contributed by atoms with Gasteiger partial charge in [-0.15, -0.1) is 0 Å². The van der Waals surface area contributed by atoms with Crippen molar-refractivity contribution in [3.8, 4) is 0 Å². The van der Waals surface area contributed by atoms with Crippen molar-refractivity contribution in [2.45, 2.75) is 71.2 Å². The Balaban J connectivity index is 3.01. The van der Waals surface area contributed by atoms with E-state index in [2.05, 4.69) is 0 Å². The van der Waals surface area contributed by atoms with Gasteiger partial charge in [0.15, 0.2) is 0 Å². The summed E-state index contributed by atoms with van der Waals surface area (Å²) in [6.07, 6.45) is -5.39. The monoisotopic (exact) mass is 335 g/mol. The number of hydrogen-bond donors (Lipinski definition) is 4. The van der Waals surface area contributed by atoms with Crippen molar-refractivity contribution in [3.05, 3.63) is 0 Å². The Morgan fingerprint density at radius 3 is 2.52 bits per heavy atom. The molecule has 7 nitrogen and oxygen atoms in total. The molecule has 1 fully saturated rings. The highest BCUT2D eigenvalue weighted by Gasteiger charge is 2.53. The van der Waals surface area contributed by atoms with Crippen LogP contribution in [0.1, 0.15) is 42.4 Å². The lowest BCUT2D eigenvalue weighted by atomic mass is 9.84. The lowest BCUT2D eigenvalue weighted by Crippen LogP contribution is -2.61. The second kappa shape index (κ2) is 7.90. The van der Waals surface area contributed by atoms with E-state index in [1.807, 2.05) is 20.8 Å². The highest BCUT2D eigenvalue weighted by Crippen LogP contribution is 2.36. The SMILES string of the molecule is [2H]CC(O)C(O)C1OC(OCC(C)C(C)C)(C(=O)O)CC(O)C1C. The molecule has 1 aliphatic rings. The first-order valence-electron chi connectivity index (χ1n) is 8.65. The summed E-state index contributed by atoms with van der Waals surface area (Å²) < 4.78 is 18.3. The van der Waals surface area contributed by atoms with Crippen molar-refractivity contribution in [3.63, 3.8) is 0 Å². The average molecular weight is 335 g/mol. The van der Waals surface area contributed by atoms with Crippen LogP contribution in [-0.4, -0.2) is 63.2 Å². The summed E-state index contributed by atoms with van der Waals surface area (Å²) in [7, 11) is 0. The van der Waals surface area contributed by atoms with Gasteiger partial charge in [0, 0.05) is 13.7 Å². The fraction of sp³-hybridized carbons (Fsp3) is 0.938. The lowest BCUT2D eigenvalue weighted by Gasteiger charge is -2.45. The summed E-state index contributed by atoms with van der Waals surface area (Å²) in [6, 6.07) is 0. The number of aliphatic hydroxyl groups is 3. The highest BCUT2D eigenvalue weighted by molar-refractivity contribution is 5.76. The van der Waals surface area contributed by atoms with Gasteiger partial charge in [0.1, 0.15) is 6.10 Å². The molecule has 4 N–H and O–H groups in total. The zero-order chi connectivity index (χ0) is 18.7. The van der Waals surface area contributed by atoms with E-state index in [-0.39, 0.29) is 24.9 Å². The van der Waals surface area contributed by atoms with Crippen molar-refractivity contribution in [1.29, 1.82) is 0 Å². The summed E-state index contributed by atoms with van der Waals surface area (Å²) in [5.74, 6) is -3.73. The maximum Gasteiger partial charge on any atom is 0.364 e. The topological polar surface area (TPSA) is 116 Å².